The first-order valence-electron chi connectivity index (χ1n) is 9.13. The molecule has 26 heavy (non-hydrogen) atoms. The molecule has 3 atom stereocenters. The van der Waals surface area contributed by atoms with E-state index < -0.39 is 6.04 Å². The first-order chi connectivity index (χ1) is 12.4. The van der Waals surface area contributed by atoms with Crippen molar-refractivity contribution in [3.05, 3.63) is 24.0 Å². The SMILES string of the molecule is COCCCNC(=O)[C@H](C)Nc1ccc(N2C[C@@H](C)O[C@@H](C)C2)c(F)c1. The van der Waals surface area contributed by atoms with Gasteiger partial charge in [-0.1, -0.05) is 0 Å². The quantitative estimate of drug-likeness (QED) is 0.691. The van der Waals surface area contributed by atoms with Crippen molar-refractivity contribution in [3.8, 4) is 0 Å². The van der Waals surface area contributed by atoms with E-state index in [9.17, 15) is 9.18 Å². The Bertz CT molecular complexity index is 589. The summed E-state index contributed by atoms with van der Waals surface area (Å²) in [5, 5.41) is 5.87. The molecule has 0 saturated carbocycles. The van der Waals surface area contributed by atoms with Crippen LogP contribution in [0.5, 0.6) is 0 Å². The van der Waals surface area contributed by atoms with Gasteiger partial charge in [0.15, 0.2) is 0 Å². The molecule has 2 rings (SSSR count). The lowest BCUT2D eigenvalue weighted by Crippen LogP contribution is -2.45. The van der Waals surface area contributed by atoms with Crippen LogP contribution in [0, 0.1) is 5.82 Å². The second-order valence-corrected chi connectivity index (χ2v) is 6.83. The number of carbonyl (C=O) groups excluding carboxylic acids is 1. The van der Waals surface area contributed by atoms with Crippen LogP contribution >= 0.6 is 0 Å². The Morgan fingerprint density at radius 2 is 2.08 bits per heavy atom. The molecule has 0 unspecified atom stereocenters. The standard InChI is InChI=1S/C19H30FN3O3/c1-13-11-23(12-14(2)26-13)18-7-6-16(10-17(18)20)22-15(3)19(24)21-8-5-9-25-4/h6-7,10,13-15,22H,5,8-9,11-12H2,1-4H3,(H,21,24)/t13-,14+,15-/m0/s1. The fourth-order valence-electron chi connectivity index (χ4n) is 3.12. The van der Waals surface area contributed by atoms with Crippen LogP contribution in [0.25, 0.3) is 0 Å². The number of hydrogen-bond acceptors (Lipinski definition) is 5. The number of nitrogens with one attached hydrogen (secondary N) is 2. The molecule has 1 heterocycles. The maximum Gasteiger partial charge on any atom is 0.242 e. The average molecular weight is 367 g/mol. The van der Waals surface area contributed by atoms with Gasteiger partial charge in [0.25, 0.3) is 0 Å². The normalized spacial score (nSPS) is 21.3. The second-order valence-electron chi connectivity index (χ2n) is 6.83. The van der Waals surface area contributed by atoms with Gasteiger partial charge in [0.1, 0.15) is 11.9 Å². The number of ether oxygens (including phenoxy) is 2. The fourth-order valence-corrected chi connectivity index (χ4v) is 3.12. The van der Waals surface area contributed by atoms with Crippen LogP contribution in [-0.2, 0) is 14.3 Å². The van der Waals surface area contributed by atoms with Crippen LogP contribution < -0.4 is 15.5 Å². The molecule has 146 valence electrons. The number of nitrogens with zero attached hydrogens (tertiary/aromatic N) is 1. The lowest BCUT2D eigenvalue weighted by Gasteiger charge is -2.37. The lowest BCUT2D eigenvalue weighted by atomic mass is 10.1. The summed E-state index contributed by atoms with van der Waals surface area (Å²) in [4.78, 5) is 14.1. The summed E-state index contributed by atoms with van der Waals surface area (Å²) in [5.74, 6) is -0.426. The van der Waals surface area contributed by atoms with Gasteiger partial charge in [-0.2, -0.15) is 0 Å². The minimum atomic E-state index is -0.453. The zero-order chi connectivity index (χ0) is 19.1. The Balaban J connectivity index is 1.93. The van der Waals surface area contributed by atoms with Crippen LogP contribution in [0.3, 0.4) is 0 Å². The van der Waals surface area contributed by atoms with Gasteiger partial charge in [0.2, 0.25) is 5.91 Å². The third-order valence-electron chi connectivity index (χ3n) is 4.31. The van der Waals surface area contributed by atoms with Gasteiger partial charge in [0, 0.05) is 39.0 Å². The Labute approximate surface area is 155 Å². The molecule has 0 bridgehead atoms. The average Bonchev–Trinajstić information content (AvgIpc) is 2.57. The van der Waals surface area contributed by atoms with Crippen molar-refractivity contribution in [1.29, 1.82) is 0 Å². The molecule has 0 spiro atoms. The van der Waals surface area contributed by atoms with E-state index in [1.54, 1.807) is 26.2 Å². The predicted octanol–water partition coefficient (Wildman–Crippen LogP) is 2.39. The summed E-state index contributed by atoms with van der Waals surface area (Å²) in [6.07, 6.45) is 0.893. The molecular weight excluding hydrogens is 337 g/mol. The monoisotopic (exact) mass is 367 g/mol. The highest BCUT2D eigenvalue weighted by atomic mass is 19.1. The smallest absolute Gasteiger partial charge is 0.242 e. The molecular formula is C19H30FN3O3. The topological polar surface area (TPSA) is 62.8 Å². The largest absolute Gasteiger partial charge is 0.385 e. The summed E-state index contributed by atoms with van der Waals surface area (Å²) in [6, 6.07) is 4.55. The minimum Gasteiger partial charge on any atom is -0.385 e. The minimum absolute atomic E-state index is 0.0674. The fraction of sp³-hybridized carbons (Fsp3) is 0.632. The first-order valence-corrected chi connectivity index (χ1v) is 9.13. The van der Waals surface area contributed by atoms with Gasteiger partial charge >= 0.3 is 0 Å². The number of halogens is 1. The van der Waals surface area contributed by atoms with E-state index in [4.69, 9.17) is 9.47 Å². The highest BCUT2D eigenvalue weighted by Gasteiger charge is 2.24. The van der Waals surface area contributed by atoms with E-state index >= 15 is 0 Å². The third-order valence-corrected chi connectivity index (χ3v) is 4.31. The second kappa shape index (κ2) is 9.73. The molecule has 1 amide bonds. The van der Waals surface area contributed by atoms with Crippen molar-refractivity contribution < 1.29 is 18.7 Å². The lowest BCUT2D eigenvalue weighted by molar-refractivity contribution is -0.121. The van der Waals surface area contributed by atoms with Crippen LogP contribution in [0.15, 0.2) is 18.2 Å². The van der Waals surface area contributed by atoms with E-state index in [-0.39, 0.29) is 23.9 Å². The van der Waals surface area contributed by atoms with Gasteiger partial charge in [-0.05, 0) is 45.4 Å². The molecule has 1 aliphatic rings. The van der Waals surface area contributed by atoms with Crippen LogP contribution in [0.2, 0.25) is 0 Å². The van der Waals surface area contributed by atoms with Gasteiger partial charge < -0.3 is 25.0 Å². The van der Waals surface area contributed by atoms with Crippen molar-refractivity contribution in [3.63, 3.8) is 0 Å². The van der Waals surface area contributed by atoms with Gasteiger partial charge in [0.05, 0.1) is 17.9 Å². The van der Waals surface area contributed by atoms with Crippen LogP contribution in [0.4, 0.5) is 15.8 Å². The third kappa shape index (κ3) is 5.85. The number of amides is 1. The number of hydrogen-bond donors (Lipinski definition) is 2. The summed E-state index contributed by atoms with van der Waals surface area (Å²) >= 11 is 0. The van der Waals surface area contributed by atoms with Gasteiger partial charge in [-0.3, -0.25) is 4.79 Å². The Morgan fingerprint density at radius 1 is 1.38 bits per heavy atom. The summed E-state index contributed by atoms with van der Waals surface area (Å²) in [5.41, 5.74) is 1.15. The summed E-state index contributed by atoms with van der Waals surface area (Å²) < 4.78 is 25.2. The Morgan fingerprint density at radius 3 is 2.69 bits per heavy atom. The molecule has 0 radical (unpaired) electrons. The zero-order valence-corrected chi connectivity index (χ0v) is 16.0. The number of carbonyl (C=O) groups is 1. The van der Waals surface area contributed by atoms with E-state index in [0.717, 1.165) is 6.42 Å². The molecule has 0 aromatic heterocycles. The highest BCUT2D eigenvalue weighted by molar-refractivity contribution is 5.84. The van der Waals surface area contributed by atoms with Gasteiger partial charge in [-0.25, -0.2) is 4.39 Å². The van der Waals surface area contributed by atoms with Crippen molar-refractivity contribution in [2.45, 2.75) is 45.4 Å². The van der Waals surface area contributed by atoms with Crippen molar-refractivity contribution in [1.82, 2.24) is 5.32 Å². The highest BCUT2D eigenvalue weighted by Crippen LogP contribution is 2.26. The van der Waals surface area contributed by atoms with Gasteiger partial charge in [-0.15, -0.1) is 0 Å². The molecule has 7 heteroatoms. The first kappa shape index (κ1) is 20.5. The number of benzene rings is 1. The summed E-state index contributed by atoms with van der Waals surface area (Å²) in [7, 11) is 1.63. The molecule has 1 fully saturated rings. The van der Waals surface area contributed by atoms with Crippen LogP contribution in [0.1, 0.15) is 27.2 Å². The Kier molecular flexibility index (Phi) is 7.66. The number of anilines is 2. The van der Waals surface area contributed by atoms with Crippen molar-refractivity contribution in [2.75, 3.05) is 43.6 Å². The van der Waals surface area contributed by atoms with Crippen molar-refractivity contribution in [2.24, 2.45) is 0 Å². The maximum atomic E-state index is 14.6. The van der Waals surface area contributed by atoms with Crippen LogP contribution in [-0.4, -0.2) is 57.5 Å². The number of morpholine rings is 1. The van der Waals surface area contributed by atoms with E-state index in [1.165, 1.54) is 6.07 Å². The number of methoxy groups -OCH3 is 1. The molecule has 6 nitrogen and oxygen atoms in total. The van der Waals surface area contributed by atoms with E-state index in [2.05, 4.69) is 10.6 Å². The number of rotatable bonds is 8. The van der Waals surface area contributed by atoms with Crippen molar-refractivity contribution >= 4 is 17.3 Å². The molecule has 1 aliphatic heterocycles. The molecule has 0 aliphatic carbocycles. The molecule has 1 saturated heterocycles. The summed E-state index contributed by atoms with van der Waals surface area (Å²) in [6.45, 7) is 8.21. The Hall–Kier alpha value is -1.86. The molecule has 1 aromatic rings. The zero-order valence-electron chi connectivity index (χ0n) is 16.0. The predicted molar refractivity (Wildman–Crippen MR) is 101 cm³/mol. The molecule has 1 aromatic carbocycles. The maximum absolute atomic E-state index is 14.6. The van der Waals surface area contributed by atoms with E-state index in [0.29, 0.717) is 37.6 Å². The van der Waals surface area contributed by atoms with E-state index in [1.807, 2.05) is 18.7 Å². The molecule has 2 N–H and O–H groups in total.